The molecule has 0 bridgehead atoms. The lowest BCUT2D eigenvalue weighted by Crippen LogP contribution is -2.34. The Balaban J connectivity index is 1.92. The predicted octanol–water partition coefficient (Wildman–Crippen LogP) is 1.83. The summed E-state index contributed by atoms with van der Waals surface area (Å²) in [4.78, 5) is 16.3. The van der Waals surface area contributed by atoms with Gasteiger partial charge in [0.2, 0.25) is 0 Å². The normalized spacial score (nSPS) is 16.4. The summed E-state index contributed by atoms with van der Waals surface area (Å²) in [5.74, 6) is 0. The van der Waals surface area contributed by atoms with Gasteiger partial charge in [0.15, 0.2) is 0 Å². The lowest BCUT2D eigenvalue weighted by molar-refractivity contribution is 0.357. The average molecular weight is 255 g/mol. The maximum absolute atomic E-state index is 12.1. The van der Waals surface area contributed by atoms with Crippen LogP contribution in [0.5, 0.6) is 0 Å². The smallest absolute Gasteiger partial charge is 0.317 e. The molecule has 0 radical (unpaired) electrons. The SMILES string of the molecule is O=c1nc(-c2ccccc2)ccn1C1CCNCC1. The zero-order valence-electron chi connectivity index (χ0n) is 10.7. The number of piperidine rings is 1. The van der Waals surface area contributed by atoms with Gasteiger partial charge in [0.25, 0.3) is 0 Å². The Bertz CT molecular complexity index is 600. The summed E-state index contributed by atoms with van der Waals surface area (Å²) < 4.78 is 1.77. The number of rotatable bonds is 2. The molecule has 1 aliphatic heterocycles. The molecule has 0 saturated carbocycles. The van der Waals surface area contributed by atoms with Gasteiger partial charge in [-0.3, -0.25) is 4.57 Å². The summed E-state index contributed by atoms with van der Waals surface area (Å²) in [6, 6.07) is 12.0. The molecule has 4 heteroatoms. The van der Waals surface area contributed by atoms with E-state index in [-0.39, 0.29) is 11.7 Å². The van der Waals surface area contributed by atoms with Crippen LogP contribution in [0.3, 0.4) is 0 Å². The second kappa shape index (κ2) is 5.36. The molecule has 0 unspecified atom stereocenters. The molecule has 2 heterocycles. The largest absolute Gasteiger partial charge is 0.348 e. The molecule has 1 saturated heterocycles. The van der Waals surface area contributed by atoms with E-state index in [4.69, 9.17) is 0 Å². The van der Waals surface area contributed by atoms with Crippen LogP contribution in [0.2, 0.25) is 0 Å². The van der Waals surface area contributed by atoms with E-state index in [9.17, 15) is 4.79 Å². The number of hydrogen-bond donors (Lipinski definition) is 1. The third-order valence-electron chi connectivity index (χ3n) is 3.60. The molecule has 98 valence electrons. The van der Waals surface area contributed by atoms with Crippen molar-refractivity contribution >= 4 is 0 Å². The molecule has 1 aliphatic rings. The van der Waals surface area contributed by atoms with Crippen LogP contribution in [0.4, 0.5) is 0 Å². The first-order chi connectivity index (χ1) is 9.34. The van der Waals surface area contributed by atoms with Gasteiger partial charge in [0.05, 0.1) is 5.69 Å². The Hall–Kier alpha value is -1.94. The fourth-order valence-corrected chi connectivity index (χ4v) is 2.55. The Morgan fingerprint density at radius 1 is 1.11 bits per heavy atom. The van der Waals surface area contributed by atoms with Crippen LogP contribution >= 0.6 is 0 Å². The molecular weight excluding hydrogens is 238 g/mol. The number of nitrogens with zero attached hydrogens (tertiary/aromatic N) is 2. The number of aromatic nitrogens is 2. The molecule has 1 aromatic heterocycles. The Labute approximate surface area is 112 Å². The van der Waals surface area contributed by atoms with E-state index < -0.39 is 0 Å². The zero-order chi connectivity index (χ0) is 13.1. The lowest BCUT2D eigenvalue weighted by Gasteiger charge is -2.24. The maximum atomic E-state index is 12.1. The fourth-order valence-electron chi connectivity index (χ4n) is 2.55. The minimum atomic E-state index is -0.145. The Morgan fingerprint density at radius 2 is 1.84 bits per heavy atom. The van der Waals surface area contributed by atoms with Crippen LogP contribution < -0.4 is 11.0 Å². The first-order valence-electron chi connectivity index (χ1n) is 6.70. The molecule has 1 N–H and O–H groups in total. The molecule has 19 heavy (non-hydrogen) atoms. The molecule has 1 aromatic carbocycles. The van der Waals surface area contributed by atoms with Crippen LogP contribution in [0.15, 0.2) is 47.4 Å². The van der Waals surface area contributed by atoms with Gasteiger partial charge in [-0.2, -0.15) is 4.98 Å². The molecule has 4 nitrogen and oxygen atoms in total. The summed E-state index contributed by atoms with van der Waals surface area (Å²) >= 11 is 0. The average Bonchev–Trinajstić information content (AvgIpc) is 2.49. The summed E-state index contributed by atoms with van der Waals surface area (Å²) in [7, 11) is 0. The molecule has 0 aliphatic carbocycles. The van der Waals surface area contributed by atoms with Gasteiger partial charge in [0, 0.05) is 17.8 Å². The van der Waals surface area contributed by atoms with E-state index in [1.165, 1.54) is 0 Å². The van der Waals surface area contributed by atoms with Gasteiger partial charge in [-0.1, -0.05) is 30.3 Å². The maximum Gasteiger partial charge on any atom is 0.348 e. The number of benzene rings is 1. The first kappa shape index (κ1) is 12.1. The third-order valence-corrected chi connectivity index (χ3v) is 3.60. The predicted molar refractivity (Wildman–Crippen MR) is 75.1 cm³/mol. The Morgan fingerprint density at radius 3 is 2.53 bits per heavy atom. The zero-order valence-corrected chi connectivity index (χ0v) is 10.7. The summed E-state index contributed by atoms with van der Waals surface area (Å²) in [5.41, 5.74) is 1.58. The molecule has 2 aromatic rings. The molecule has 0 spiro atoms. The lowest BCUT2D eigenvalue weighted by atomic mass is 10.1. The van der Waals surface area contributed by atoms with Crippen molar-refractivity contribution in [1.82, 2.24) is 14.9 Å². The van der Waals surface area contributed by atoms with Crippen molar-refractivity contribution in [3.8, 4) is 11.3 Å². The molecule has 0 atom stereocenters. The van der Waals surface area contributed by atoms with E-state index in [1.807, 2.05) is 42.6 Å². The Kier molecular flexibility index (Phi) is 3.42. The topological polar surface area (TPSA) is 46.9 Å². The monoisotopic (exact) mass is 255 g/mol. The highest BCUT2D eigenvalue weighted by Gasteiger charge is 2.16. The van der Waals surface area contributed by atoms with Gasteiger partial charge in [-0.15, -0.1) is 0 Å². The standard InChI is InChI=1S/C15H17N3O/c19-15-17-14(12-4-2-1-3-5-12)8-11-18(15)13-6-9-16-10-7-13/h1-5,8,11,13,16H,6-7,9-10H2. The van der Waals surface area contributed by atoms with Crippen molar-refractivity contribution in [2.75, 3.05) is 13.1 Å². The first-order valence-corrected chi connectivity index (χ1v) is 6.70. The molecule has 1 fully saturated rings. The van der Waals surface area contributed by atoms with Gasteiger partial charge in [-0.05, 0) is 32.0 Å². The van der Waals surface area contributed by atoms with Crippen LogP contribution in [0, 0.1) is 0 Å². The number of nitrogens with one attached hydrogen (secondary N) is 1. The summed E-state index contributed by atoms with van der Waals surface area (Å²) in [6.07, 6.45) is 3.87. The third kappa shape index (κ3) is 2.58. The van der Waals surface area contributed by atoms with Gasteiger partial charge < -0.3 is 5.32 Å². The van der Waals surface area contributed by atoms with Crippen LogP contribution in [-0.2, 0) is 0 Å². The van der Waals surface area contributed by atoms with Gasteiger partial charge in [0.1, 0.15) is 0 Å². The molecule has 3 rings (SSSR count). The van der Waals surface area contributed by atoms with Crippen molar-refractivity contribution in [2.24, 2.45) is 0 Å². The van der Waals surface area contributed by atoms with Gasteiger partial charge in [-0.25, -0.2) is 4.79 Å². The minimum Gasteiger partial charge on any atom is -0.317 e. The number of hydrogen-bond acceptors (Lipinski definition) is 3. The highest BCUT2D eigenvalue weighted by molar-refractivity contribution is 5.57. The van der Waals surface area contributed by atoms with Crippen molar-refractivity contribution in [2.45, 2.75) is 18.9 Å². The van der Waals surface area contributed by atoms with Crippen molar-refractivity contribution in [3.63, 3.8) is 0 Å². The summed E-state index contributed by atoms with van der Waals surface area (Å²) in [6.45, 7) is 1.94. The molecule has 0 amide bonds. The second-order valence-electron chi connectivity index (χ2n) is 4.85. The van der Waals surface area contributed by atoms with E-state index in [1.54, 1.807) is 4.57 Å². The highest BCUT2D eigenvalue weighted by Crippen LogP contribution is 2.18. The van der Waals surface area contributed by atoms with Crippen molar-refractivity contribution in [3.05, 3.63) is 53.1 Å². The summed E-state index contributed by atoms with van der Waals surface area (Å²) in [5, 5.41) is 3.31. The van der Waals surface area contributed by atoms with Crippen LogP contribution in [0.1, 0.15) is 18.9 Å². The quantitative estimate of drug-likeness (QED) is 0.890. The fraction of sp³-hybridized carbons (Fsp3) is 0.333. The van der Waals surface area contributed by atoms with E-state index in [0.717, 1.165) is 37.2 Å². The highest BCUT2D eigenvalue weighted by atomic mass is 16.1. The van der Waals surface area contributed by atoms with Crippen molar-refractivity contribution in [1.29, 1.82) is 0 Å². The minimum absolute atomic E-state index is 0.145. The van der Waals surface area contributed by atoms with E-state index >= 15 is 0 Å². The van der Waals surface area contributed by atoms with Crippen LogP contribution in [-0.4, -0.2) is 22.6 Å². The van der Waals surface area contributed by atoms with Gasteiger partial charge >= 0.3 is 5.69 Å². The molecular formula is C15H17N3O. The van der Waals surface area contributed by atoms with Crippen LogP contribution in [0.25, 0.3) is 11.3 Å². The van der Waals surface area contributed by atoms with E-state index in [0.29, 0.717) is 0 Å². The second-order valence-corrected chi connectivity index (χ2v) is 4.85. The van der Waals surface area contributed by atoms with Crippen molar-refractivity contribution < 1.29 is 0 Å². The van der Waals surface area contributed by atoms with E-state index in [2.05, 4.69) is 10.3 Å².